The van der Waals surface area contributed by atoms with Gasteiger partial charge in [-0.3, -0.25) is 0 Å². The van der Waals surface area contributed by atoms with Gasteiger partial charge in [-0.05, 0) is 15.9 Å². The molecule has 1 aromatic heterocycles. The quantitative estimate of drug-likeness (QED) is 0.743. The molecule has 0 aliphatic rings. The summed E-state index contributed by atoms with van der Waals surface area (Å²) in [5.41, 5.74) is 1.03. The van der Waals surface area contributed by atoms with E-state index >= 15 is 0 Å². The summed E-state index contributed by atoms with van der Waals surface area (Å²) < 4.78 is 5.94. The lowest BCUT2D eigenvalue weighted by Crippen LogP contribution is -1.73. The summed E-state index contributed by atoms with van der Waals surface area (Å²) in [4.78, 5) is 3.94. The maximum Gasteiger partial charge on any atom is 0.182 e. The summed E-state index contributed by atoms with van der Waals surface area (Å²) in [6.45, 7) is 0. The minimum atomic E-state index is 0.744. The van der Waals surface area contributed by atoms with Gasteiger partial charge in [0.15, 0.2) is 16.8 Å². The summed E-state index contributed by atoms with van der Waals surface area (Å²) in [6.07, 6.45) is 1.42. The molecule has 2 nitrogen and oxygen atoms in total. The van der Waals surface area contributed by atoms with Crippen molar-refractivity contribution < 1.29 is 4.42 Å². The maximum atomic E-state index is 5.19. The molecule has 0 N–H and O–H groups in total. The van der Waals surface area contributed by atoms with Crippen LogP contribution in [-0.2, 0) is 0 Å². The average Bonchev–Trinajstić information content (AvgIpc) is 2.53. The predicted molar refractivity (Wildman–Crippen MR) is 49.6 cm³/mol. The van der Waals surface area contributed by atoms with Crippen LogP contribution < -0.4 is 0 Å². The fourth-order valence-corrected chi connectivity index (χ4v) is 1.42. The number of nitrogens with zero attached hydrogens (tertiary/aromatic N) is 1. The number of rotatable bonds is 1. The first kappa shape index (κ1) is 7.55. The van der Waals surface area contributed by atoms with E-state index in [1.54, 1.807) is 0 Å². The molecule has 0 saturated heterocycles. The van der Waals surface area contributed by atoms with E-state index in [9.17, 15) is 0 Å². The minimum absolute atomic E-state index is 0.744. The van der Waals surface area contributed by atoms with Gasteiger partial charge in [-0.25, -0.2) is 4.98 Å². The van der Waals surface area contributed by atoms with E-state index in [-0.39, 0.29) is 0 Å². The van der Waals surface area contributed by atoms with Gasteiger partial charge in [0.05, 0.1) is 0 Å². The van der Waals surface area contributed by atoms with Gasteiger partial charge in [0.2, 0.25) is 0 Å². The molecule has 60 valence electrons. The number of aromatic nitrogens is 1. The number of oxazole rings is 1. The molecular formula is C9H6BrNO. The second kappa shape index (κ2) is 3.11. The van der Waals surface area contributed by atoms with Gasteiger partial charge in [0.25, 0.3) is 0 Å². The van der Waals surface area contributed by atoms with Crippen molar-refractivity contribution >= 4 is 15.9 Å². The smallest absolute Gasteiger partial charge is 0.182 e. The van der Waals surface area contributed by atoms with Gasteiger partial charge in [-0.2, -0.15) is 0 Å². The largest absolute Gasteiger partial charge is 0.442 e. The third kappa shape index (κ3) is 1.28. The first-order valence-corrected chi connectivity index (χ1v) is 4.31. The van der Waals surface area contributed by atoms with E-state index < -0.39 is 0 Å². The predicted octanol–water partition coefficient (Wildman–Crippen LogP) is 3.10. The van der Waals surface area contributed by atoms with Crippen molar-refractivity contribution in [3.8, 4) is 11.3 Å². The topological polar surface area (TPSA) is 26.0 Å². The average molecular weight is 224 g/mol. The Morgan fingerprint density at radius 2 is 1.92 bits per heavy atom. The van der Waals surface area contributed by atoms with Crippen LogP contribution in [0.2, 0.25) is 0 Å². The lowest BCUT2D eigenvalue weighted by atomic mass is 10.2. The zero-order valence-electron chi connectivity index (χ0n) is 6.20. The zero-order valence-corrected chi connectivity index (χ0v) is 7.78. The molecule has 0 saturated carbocycles. The molecular weight excluding hydrogens is 218 g/mol. The van der Waals surface area contributed by atoms with Crippen LogP contribution in [0, 0.1) is 0 Å². The van der Waals surface area contributed by atoms with Crippen molar-refractivity contribution in [2.75, 3.05) is 0 Å². The van der Waals surface area contributed by atoms with Gasteiger partial charge in [0, 0.05) is 5.56 Å². The van der Waals surface area contributed by atoms with E-state index in [2.05, 4.69) is 20.9 Å². The molecule has 0 spiro atoms. The highest BCUT2D eigenvalue weighted by Gasteiger charge is 2.05. The standard InChI is InChI=1S/C9H6BrNO/c10-9-8(12-6-11-9)7-4-2-1-3-5-7/h1-6H. The fraction of sp³-hybridized carbons (Fsp3) is 0. The zero-order chi connectivity index (χ0) is 8.39. The van der Waals surface area contributed by atoms with Crippen molar-refractivity contribution in [2.24, 2.45) is 0 Å². The van der Waals surface area contributed by atoms with Crippen LogP contribution in [0.3, 0.4) is 0 Å². The van der Waals surface area contributed by atoms with Gasteiger partial charge >= 0.3 is 0 Å². The number of hydrogen-bond acceptors (Lipinski definition) is 2. The number of hydrogen-bond donors (Lipinski definition) is 0. The Kier molecular flexibility index (Phi) is 1.96. The van der Waals surface area contributed by atoms with Crippen LogP contribution in [0.4, 0.5) is 0 Å². The highest BCUT2D eigenvalue weighted by Crippen LogP contribution is 2.26. The molecule has 0 aliphatic carbocycles. The fourth-order valence-electron chi connectivity index (χ4n) is 1.01. The van der Waals surface area contributed by atoms with Gasteiger partial charge < -0.3 is 4.42 Å². The van der Waals surface area contributed by atoms with Gasteiger partial charge in [0.1, 0.15) is 0 Å². The third-order valence-corrected chi connectivity index (χ3v) is 2.12. The Morgan fingerprint density at radius 3 is 2.50 bits per heavy atom. The molecule has 2 aromatic rings. The highest BCUT2D eigenvalue weighted by atomic mass is 79.9. The Hall–Kier alpha value is -1.09. The molecule has 0 unspecified atom stereocenters. The van der Waals surface area contributed by atoms with Crippen molar-refractivity contribution in [2.45, 2.75) is 0 Å². The third-order valence-electron chi connectivity index (χ3n) is 1.56. The minimum Gasteiger partial charge on any atom is -0.442 e. The Morgan fingerprint density at radius 1 is 1.17 bits per heavy atom. The molecule has 0 radical (unpaired) electrons. The maximum absolute atomic E-state index is 5.19. The molecule has 0 atom stereocenters. The summed E-state index contributed by atoms with van der Waals surface area (Å²) in [5.74, 6) is 0.774. The highest BCUT2D eigenvalue weighted by molar-refractivity contribution is 9.10. The van der Waals surface area contributed by atoms with Crippen molar-refractivity contribution in [3.05, 3.63) is 41.3 Å². The molecule has 2 rings (SSSR count). The Bertz CT molecular complexity index is 369. The monoisotopic (exact) mass is 223 g/mol. The molecule has 0 aliphatic heterocycles. The van der Waals surface area contributed by atoms with E-state index in [0.717, 1.165) is 15.9 Å². The van der Waals surface area contributed by atoms with E-state index in [1.165, 1.54) is 6.39 Å². The second-order valence-corrected chi connectivity index (χ2v) is 3.09. The molecule has 0 fully saturated rings. The van der Waals surface area contributed by atoms with Crippen LogP contribution in [0.25, 0.3) is 11.3 Å². The first-order chi connectivity index (χ1) is 5.88. The lowest BCUT2D eigenvalue weighted by molar-refractivity contribution is 0.571. The molecule has 1 aromatic carbocycles. The van der Waals surface area contributed by atoms with Crippen LogP contribution in [0.1, 0.15) is 0 Å². The van der Waals surface area contributed by atoms with Crippen LogP contribution in [-0.4, -0.2) is 4.98 Å². The Balaban J connectivity index is 2.51. The van der Waals surface area contributed by atoms with Crippen molar-refractivity contribution in [1.82, 2.24) is 4.98 Å². The van der Waals surface area contributed by atoms with E-state index in [4.69, 9.17) is 4.42 Å². The summed E-state index contributed by atoms with van der Waals surface area (Å²) in [5, 5.41) is 0. The van der Waals surface area contributed by atoms with E-state index in [0.29, 0.717) is 0 Å². The Labute approximate surface area is 78.4 Å². The molecule has 1 heterocycles. The number of halogens is 1. The van der Waals surface area contributed by atoms with Crippen molar-refractivity contribution in [3.63, 3.8) is 0 Å². The van der Waals surface area contributed by atoms with Crippen LogP contribution in [0.15, 0.2) is 45.7 Å². The molecule has 0 bridgehead atoms. The molecule has 0 amide bonds. The normalized spacial score (nSPS) is 10.1. The van der Waals surface area contributed by atoms with E-state index in [1.807, 2.05) is 30.3 Å². The SMILES string of the molecule is Brc1ncoc1-c1ccccc1. The lowest BCUT2D eigenvalue weighted by Gasteiger charge is -1.93. The van der Waals surface area contributed by atoms with Crippen LogP contribution in [0.5, 0.6) is 0 Å². The van der Waals surface area contributed by atoms with Gasteiger partial charge in [-0.1, -0.05) is 30.3 Å². The first-order valence-electron chi connectivity index (χ1n) is 3.52. The summed E-state index contributed by atoms with van der Waals surface area (Å²) in [6, 6.07) is 9.85. The summed E-state index contributed by atoms with van der Waals surface area (Å²) >= 11 is 3.30. The van der Waals surface area contributed by atoms with Crippen molar-refractivity contribution in [1.29, 1.82) is 0 Å². The molecule has 3 heteroatoms. The summed E-state index contributed by atoms with van der Waals surface area (Å²) in [7, 11) is 0. The van der Waals surface area contributed by atoms with Gasteiger partial charge in [-0.15, -0.1) is 0 Å². The second-order valence-electron chi connectivity index (χ2n) is 2.34. The number of benzene rings is 1. The van der Waals surface area contributed by atoms with Crippen LogP contribution >= 0.6 is 15.9 Å². The molecule has 12 heavy (non-hydrogen) atoms.